The lowest BCUT2D eigenvalue weighted by atomic mass is 9.69. The van der Waals surface area contributed by atoms with Crippen molar-refractivity contribution in [3.05, 3.63) is 64.2 Å². The highest BCUT2D eigenvalue weighted by Gasteiger charge is 2.31. The van der Waals surface area contributed by atoms with Gasteiger partial charge in [-0.3, -0.25) is 0 Å². The summed E-state index contributed by atoms with van der Waals surface area (Å²) in [6.45, 7) is 15.5. The third kappa shape index (κ3) is 6.84. The molecule has 4 N–H and O–H groups in total. The Kier molecular flexibility index (Phi) is 10.2. The maximum atomic E-state index is 10.5. The summed E-state index contributed by atoms with van der Waals surface area (Å²) in [5, 5.41) is 19.5. The monoisotopic (exact) mass is 469 g/mol. The topological polar surface area (TPSA) is 75.7 Å². The number of benzene rings is 2. The first-order valence-corrected chi connectivity index (χ1v) is 12.9. The van der Waals surface area contributed by atoms with E-state index in [1.165, 1.54) is 22.3 Å². The molecule has 34 heavy (non-hydrogen) atoms. The highest BCUT2D eigenvalue weighted by Crippen LogP contribution is 2.41. The van der Waals surface area contributed by atoms with E-state index in [-0.39, 0.29) is 29.6 Å². The third-order valence-electron chi connectivity index (χ3n) is 7.47. The van der Waals surface area contributed by atoms with E-state index in [4.69, 9.17) is 15.6 Å². The fraction of sp³-hybridized carbons (Fsp3) is 0.600. The van der Waals surface area contributed by atoms with Crippen molar-refractivity contribution in [1.29, 1.82) is 0 Å². The smallest absolute Gasteiger partial charge is 0.122 e. The molecule has 2 aromatic carbocycles. The van der Waals surface area contributed by atoms with Gasteiger partial charge < -0.3 is 20.7 Å². The maximum absolute atomic E-state index is 10.5. The predicted molar refractivity (Wildman–Crippen MR) is 143 cm³/mol. The van der Waals surface area contributed by atoms with Crippen LogP contribution in [0.3, 0.4) is 0 Å². The minimum atomic E-state index is -0.307. The molecule has 0 aliphatic rings. The van der Waals surface area contributed by atoms with Gasteiger partial charge in [-0.25, -0.2) is 0 Å². The molecule has 0 fully saturated rings. The molecule has 0 heterocycles. The first-order chi connectivity index (χ1) is 16.0. The van der Waals surface area contributed by atoms with E-state index < -0.39 is 0 Å². The number of aryl methyl sites for hydroxylation is 3. The van der Waals surface area contributed by atoms with Crippen LogP contribution in [0.15, 0.2) is 36.4 Å². The van der Waals surface area contributed by atoms with Crippen molar-refractivity contribution in [3.8, 4) is 5.75 Å². The molecule has 0 aliphatic carbocycles. The molecule has 0 saturated heterocycles. The molecule has 0 aliphatic heterocycles. The zero-order valence-corrected chi connectivity index (χ0v) is 22.4. The van der Waals surface area contributed by atoms with Gasteiger partial charge in [-0.15, -0.1) is 0 Å². The summed E-state index contributed by atoms with van der Waals surface area (Å²) in [5.41, 5.74) is 12.2. The SMILES string of the molecule is CCC(CC)(c1ccc(CC[C@H](O)C(C)(C)C)c(C)c1)c1ccc(OC[C@@H](N)CCO)c(C)c1. The van der Waals surface area contributed by atoms with Gasteiger partial charge in [0.25, 0.3) is 0 Å². The van der Waals surface area contributed by atoms with Crippen LogP contribution in [0.4, 0.5) is 0 Å². The average Bonchev–Trinajstić information content (AvgIpc) is 2.78. The van der Waals surface area contributed by atoms with Gasteiger partial charge in [-0.05, 0) is 85.3 Å². The Balaban J connectivity index is 2.28. The molecule has 4 heteroatoms. The summed E-state index contributed by atoms with van der Waals surface area (Å²) in [7, 11) is 0. The molecule has 0 unspecified atom stereocenters. The third-order valence-corrected chi connectivity index (χ3v) is 7.47. The Hall–Kier alpha value is -1.88. The first kappa shape index (κ1) is 28.4. The molecule has 2 rings (SSSR count). The highest BCUT2D eigenvalue weighted by atomic mass is 16.5. The Morgan fingerprint density at radius 1 is 0.912 bits per heavy atom. The molecule has 0 amide bonds. The molecular formula is C30H47NO3. The zero-order valence-electron chi connectivity index (χ0n) is 22.4. The van der Waals surface area contributed by atoms with Gasteiger partial charge in [-0.2, -0.15) is 0 Å². The van der Waals surface area contributed by atoms with Crippen molar-refractivity contribution >= 4 is 0 Å². The van der Waals surface area contributed by atoms with E-state index in [2.05, 4.69) is 84.9 Å². The fourth-order valence-electron chi connectivity index (χ4n) is 4.79. The second kappa shape index (κ2) is 12.2. The van der Waals surface area contributed by atoms with Crippen molar-refractivity contribution in [2.24, 2.45) is 11.1 Å². The maximum Gasteiger partial charge on any atom is 0.122 e. The summed E-state index contributed by atoms with van der Waals surface area (Å²) in [6, 6.07) is 13.2. The van der Waals surface area contributed by atoms with Crippen LogP contribution in [-0.4, -0.2) is 35.6 Å². The van der Waals surface area contributed by atoms with E-state index in [1.54, 1.807) is 0 Å². The van der Waals surface area contributed by atoms with Gasteiger partial charge in [0.2, 0.25) is 0 Å². The van der Waals surface area contributed by atoms with Gasteiger partial charge in [-0.1, -0.05) is 65.0 Å². The molecule has 190 valence electrons. The van der Waals surface area contributed by atoms with E-state index in [9.17, 15) is 5.11 Å². The Labute approximate surface area is 207 Å². The number of hydrogen-bond acceptors (Lipinski definition) is 4. The fourth-order valence-corrected chi connectivity index (χ4v) is 4.79. The number of ether oxygens (including phenoxy) is 1. The molecule has 0 saturated carbocycles. The Morgan fingerprint density at radius 2 is 1.50 bits per heavy atom. The number of nitrogens with two attached hydrogens (primary N) is 1. The summed E-state index contributed by atoms with van der Waals surface area (Å²) in [6.07, 6.45) is 3.91. The number of rotatable bonds is 12. The molecule has 2 atom stereocenters. The van der Waals surface area contributed by atoms with Crippen LogP contribution < -0.4 is 10.5 Å². The number of aliphatic hydroxyl groups excluding tert-OH is 2. The van der Waals surface area contributed by atoms with Crippen LogP contribution in [0.25, 0.3) is 0 Å². The van der Waals surface area contributed by atoms with E-state index in [1.807, 2.05) is 0 Å². The van der Waals surface area contributed by atoms with Crippen LogP contribution in [0.1, 0.15) is 88.1 Å². The summed E-state index contributed by atoms with van der Waals surface area (Å²) < 4.78 is 5.94. The largest absolute Gasteiger partial charge is 0.492 e. The quantitative estimate of drug-likeness (QED) is 0.365. The van der Waals surface area contributed by atoms with Crippen molar-refractivity contribution in [1.82, 2.24) is 0 Å². The standard InChI is InChI=1S/C30H47NO3/c1-8-30(9-2,25-13-14-27(22(4)19-25)34-20-26(31)16-17-32)24-12-10-23(21(3)18-24)11-15-28(33)29(5,6)7/h10,12-14,18-19,26,28,32-33H,8-9,11,15-17,20,31H2,1-7H3/t26-,28-/m0/s1. The Morgan fingerprint density at radius 3 is 2.00 bits per heavy atom. The van der Waals surface area contributed by atoms with Crippen LogP contribution in [0, 0.1) is 19.3 Å². The van der Waals surface area contributed by atoms with Crippen molar-refractivity contribution in [2.45, 2.75) is 98.1 Å². The lowest BCUT2D eigenvalue weighted by Gasteiger charge is -2.34. The van der Waals surface area contributed by atoms with Crippen LogP contribution >= 0.6 is 0 Å². The normalized spacial score (nSPS) is 14.2. The summed E-state index contributed by atoms with van der Waals surface area (Å²) in [5.74, 6) is 0.849. The van der Waals surface area contributed by atoms with Crippen LogP contribution in [-0.2, 0) is 11.8 Å². The molecule has 0 bridgehead atoms. The number of aliphatic hydroxyl groups is 2. The number of hydrogen-bond donors (Lipinski definition) is 3. The summed E-state index contributed by atoms with van der Waals surface area (Å²) >= 11 is 0. The first-order valence-electron chi connectivity index (χ1n) is 12.9. The molecule has 0 aromatic heterocycles. The van der Waals surface area contributed by atoms with Crippen molar-refractivity contribution in [3.63, 3.8) is 0 Å². The molecule has 0 spiro atoms. The Bertz CT molecular complexity index is 912. The van der Waals surface area contributed by atoms with Crippen molar-refractivity contribution < 1.29 is 14.9 Å². The lowest BCUT2D eigenvalue weighted by molar-refractivity contribution is 0.0560. The van der Waals surface area contributed by atoms with Gasteiger partial charge in [0, 0.05) is 18.1 Å². The van der Waals surface area contributed by atoms with Crippen LogP contribution in [0.5, 0.6) is 5.75 Å². The second-order valence-electron chi connectivity index (χ2n) is 10.9. The minimum Gasteiger partial charge on any atom is -0.492 e. The molecule has 4 nitrogen and oxygen atoms in total. The van der Waals surface area contributed by atoms with E-state index in [0.29, 0.717) is 13.0 Å². The second-order valence-corrected chi connectivity index (χ2v) is 10.9. The van der Waals surface area contributed by atoms with Crippen molar-refractivity contribution in [2.75, 3.05) is 13.2 Å². The molecule has 2 aromatic rings. The van der Waals surface area contributed by atoms with E-state index >= 15 is 0 Å². The molecule has 0 radical (unpaired) electrons. The van der Waals surface area contributed by atoms with Gasteiger partial charge in [0.05, 0.1) is 6.10 Å². The lowest BCUT2D eigenvalue weighted by Crippen LogP contribution is -2.29. The minimum absolute atomic E-state index is 0.0647. The molecular weight excluding hydrogens is 422 g/mol. The average molecular weight is 470 g/mol. The predicted octanol–water partition coefficient (Wildman–Crippen LogP) is 5.84. The van der Waals surface area contributed by atoms with Crippen LogP contribution in [0.2, 0.25) is 0 Å². The van der Waals surface area contributed by atoms with E-state index in [0.717, 1.165) is 37.0 Å². The van der Waals surface area contributed by atoms with Gasteiger partial charge in [0.1, 0.15) is 12.4 Å². The van der Waals surface area contributed by atoms with Gasteiger partial charge in [0.15, 0.2) is 0 Å². The summed E-state index contributed by atoms with van der Waals surface area (Å²) in [4.78, 5) is 0. The van der Waals surface area contributed by atoms with Gasteiger partial charge >= 0.3 is 0 Å². The zero-order chi connectivity index (χ0) is 25.5. The highest BCUT2D eigenvalue weighted by molar-refractivity contribution is 5.47.